The molecule has 2 rings (SSSR count). The fraction of sp³-hybridized carbons (Fsp3) is 0.538. The molecule has 1 N–H and O–H groups in total. The van der Waals surface area contributed by atoms with Crippen molar-refractivity contribution in [2.24, 2.45) is 0 Å². The van der Waals surface area contributed by atoms with Crippen LogP contribution in [-0.4, -0.2) is 38.2 Å². The summed E-state index contributed by atoms with van der Waals surface area (Å²) in [5, 5.41) is 3.38. The Kier molecular flexibility index (Phi) is 3.80. The van der Waals surface area contributed by atoms with Gasteiger partial charge in [-0.05, 0) is 24.6 Å². The summed E-state index contributed by atoms with van der Waals surface area (Å²) in [5.41, 5.74) is 1.36. The molecule has 0 bridgehead atoms. The number of nitrogens with zero attached hydrogens (tertiary/aromatic N) is 1. The van der Waals surface area contributed by atoms with Gasteiger partial charge in [0.15, 0.2) is 0 Å². The fourth-order valence-corrected chi connectivity index (χ4v) is 2.16. The van der Waals surface area contributed by atoms with E-state index in [0.717, 1.165) is 31.9 Å². The van der Waals surface area contributed by atoms with Gasteiger partial charge in [0, 0.05) is 32.2 Å². The zero-order valence-electron chi connectivity index (χ0n) is 10.1. The van der Waals surface area contributed by atoms with E-state index in [9.17, 15) is 0 Å². The van der Waals surface area contributed by atoms with Crippen LogP contribution in [0.3, 0.4) is 0 Å². The van der Waals surface area contributed by atoms with Crippen LogP contribution in [0.15, 0.2) is 24.3 Å². The molecule has 3 nitrogen and oxygen atoms in total. The average Bonchev–Trinajstić information content (AvgIpc) is 2.39. The minimum Gasteiger partial charge on any atom is -0.497 e. The number of hydrogen-bond acceptors (Lipinski definition) is 3. The van der Waals surface area contributed by atoms with Crippen molar-refractivity contribution in [3.8, 4) is 5.75 Å². The molecule has 1 aliphatic rings. The molecule has 16 heavy (non-hydrogen) atoms. The Bertz CT molecular complexity index is 317. The second-order valence-electron chi connectivity index (χ2n) is 4.24. The minimum absolute atomic E-state index is 0.494. The van der Waals surface area contributed by atoms with Crippen molar-refractivity contribution in [3.63, 3.8) is 0 Å². The Morgan fingerprint density at radius 2 is 1.81 bits per heavy atom. The van der Waals surface area contributed by atoms with Crippen molar-refractivity contribution in [2.45, 2.75) is 13.0 Å². The van der Waals surface area contributed by atoms with Crippen molar-refractivity contribution in [2.75, 3.05) is 33.3 Å². The second-order valence-corrected chi connectivity index (χ2v) is 4.24. The number of rotatable bonds is 3. The molecule has 0 aliphatic carbocycles. The highest BCUT2D eigenvalue weighted by Gasteiger charge is 2.17. The van der Waals surface area contributed by atoms with Gasteiger partial charge in [-0.3, -0.25) is 4.90 Å². The molecule has 1 fully saturated rings. The summed E-state index contributed by atoms with van der Waals surface area (Å²) in [6.45, 7) is 6.73. The van der Waals surface area contributed by atoms with Crippen LogP contribution in [-0.2, 0) is 0 Å². The molecule has 1 aromatic carbocycles. The molecule has 0 aromatic heterocycles. The maximum absolute atomic E-state index is 5.17. The molecular formula is C13H20N2O. The summed E-state index contributed by atoms with van der Waals surface area (Å²) < 4.78 is 5.17. The lowest BCUT2D eigenvalue weighted by atomic mass is 10.1. The first kappa shape index (κ1) is 11.4. The highest BCUT2D eigenvalue weighted by molar-refractivity contribution is 5.28. The van der Waals surface area contributed by atoms with Gasteiger partial charge in [0.2, 0.25) is 0 Å². The lowest BCUT2D eigenvalue weighted by molar-refractivity contribution is 0.185. The number of piperazine rings is 1. The SMILES string of the molecule is COc1ccc(C(C)N2CCNCC2)cc1. The van der Waals surface area contributed by atoms with E-state index in [0.29, 0.717) is 6.04 Å². The van der Waals surface area contributed by atoms with Crippen LogP contribution >= 0.6 is 0 Å². The summed E-state index contributed by atoms with van der Waals surface area (Å²) in [4.78, 5) is 2.51. The Balaban J connectivity index is 2.04. The number of methoxy groups -OCH3 is 1. The molecule has 1 aromatic rings. The fourth-order valence-electron chi connectivity index (χ4n) is 2.16. The molecular weight excluding hydrogens is 200 g/mol. The van der Waals surface area contributed by atoms with Gasteiger partial charge in [0.1, 0.15) is 5.75 Å². The molecule has 1 atom stereocenters. The molecule has 1 aliphatic heterocycles. The summed E-state index contributed by atoms with van der Waals surface area (Å²) in [6.07, 6.45) is 0. The zero-order valence-corrected chi connectivity index (χ0v) is 10.1. The van der Waals surface area contributed by atoms with Gasteiger partial charge >= 0.3 is 0 Å². The summed E-state index contributed by atoms with van der Waals surface area (Å²) >= 11 is 0. The Labute approximate surface area is 97.4 Å². The monoisotopic (exact) mass is 220 g/mol. The van der Waals surface area contributed by atoms with Gasteiger partial charge in [-0.1, -0.05) is 12.1 Å². The quantitative estimate of drug-likeness (QED) is 0.838. The van der Waals surface area contributed by atoms with Crippen LogP contribution in [0.5, 0.6) is 5.75 Å². The lowest BCUT2D eigenvalue weighted by Crippen LogP contribution is -2.44. The Morgan fingerprint density at radius 3 is 2.38 bits per heavy atom. The van der Waals surface area contributed by atoms with Gasteiger partial charge in [-0.15, -0.1) is 0 Å². The molecule has 0 radical (unpaired) electrons. The number of benzene rings is 1. The second kappa shape index (κ2) is 5.32. The first-order valence-corrected chi connectivity index (χ1v) is 5.90. The van der Waals surface area contributed by atoms with Crippen LogP contribution in [0.25, 0.3) is 0 Å². The van der Waals surface area contributed by atoms with E-state index in [1.54, 1.807) is 7.11 Å². The smallest absolute Gasteiger partial charge is 0.118 e. The van der Waals surface area contributed by atoms with E-state index in [-0.39, 0.29) is 0 Å². The van der Waals surface area contributed by atoms with E-state index in [2.05, 4.69) is 29.3 Å². The van der Waals surface area contributed by atoms with Crippen LogP contribution < -0.4 is 10.1 Å². The van der Waals surface area contributed by atoms with E-state index >= 15 is 0 Å². The van der Waals surface area contributed by atoms with Gasteiger partial charge in [-0.2, -0.15) is 0 Å². The van der Waals surface area contributed by atoms with Gasteiger partial charge in [-0.25, -0.2) is 0 Å². The first-order valence-electron chi connectivity index (χ1n) is 5.90. The predicted molar refractivity (Wildman–Crippen MR) is 65.9 cm³/mol. The van der Waals surface area contributed by atoms with Crippen LogP contribution in [0.2, 0.25) is 0 Å². The molecule has 0 spiro atoms. The van der Waals surface area contributed by atoms with Crippen LogP contribution in [0, 0.1) is 0 Å². The number of nitrogens with one attached hydrogen (secondary N) is 1. The standard InChI is InChI=1S/C13H20N2O/c1-11(15-9-7-14-8-10-15)12-3-5-13(16-2)6-4-12/h3-6,11,14H,7-10H2,1-2H3. The summed E-state index contributed by atoms with van der Waals surface area (Å²) in [6, 6.07) is 8.88. The predicted octanol–water partition coefficient (Wildman–Crippen LogP) is 1.66. The molecule has 0 amide bonds. The van der Waals surface area contributed by atoms with Gasteiger partial charge in [0.25, 0.3) is 0 Å². The molecule has 88 valence electrons. The number of hydrogen-bond donors (Lipinski definition) is 1. The largest absolute Gasteiger partial charge is 0.497 e. The Morgan fingerprint density at radius 1 is 1.19 bits per heavy atom. The van der Waals surface area contributed by atoms with Crippen LogP contribution in [0.1, 0.15) is 18.5 Å². The van der Waals surface area contributed by atoms with Crippen molar-refractivity contribution in [1.82, 2.24) is 10.2 Å². The third kappa shape index (κ3) is 2.54. The molecule has 3 heteroatoms. The molecule has 1 heterocycles. The molecule has 0 saturated carbocycles. The highest BCUT2D eigenvalue weighted by Crippen LogP contribution is 2.22. The Hall–Kier alpha value is -1.06. The first-order chi connectivity index (χ1) is 7.81. The van der Waals surface area contributed by atoms with Crippen molar-refractivity contribution in [3.05, 3.63) is 29.8 Å². The maximum Gasteiger partial charge on any atom is 0.118 e. The van der Waals surface area contributed by atoms with Crippen molar-refractivity contribution in [1.29, 1.82) is 0 Å². The van der Waals surface area contributed by atoms with Crippen LogP contribution in [0.4, 0.5) is 0 Å². The molecule has 1 unspecified atom stereocenters. The summed E-state index contributed by atoms with van der Waals surface area (Å²) in [5.74, 6) is 0.927. The summed E-state index contributed by atoms with van der Waals surface area (Å²) in [7, 11) is 1.70. The van der Waals surface area contributed by atoms with E-state index in [1.807, 2.05) is 12.1 Å². The topological polar surface area (TPSA) is 24.5 Å². The van der Waals surface area contributed by atoms with Gasteiger partial charge < -0.3 is 10.1 Å². The third-order valence-corrected chi connectivity index (χ3v) is 3.30. The van der Waals surface area contributed by atoms with E-state index in [1.165, 1.54) is 5.56 Å². The average molecular weight is 220 g/mol. The third-order valence-electron chi connectivity index (χ3n) is 3.30. The van der Waals surface area contributed by atoms with Crippen molar-refractivity contribution >= 4 is 0 Å². The highest BCUT2D eigenvalue weighted by atomic mass is 16.5. The van der Waals surface area contributed by atoms with E-state index < -0.39 is 0 Å². The maximum atomic E-state index is 5.17. The number of ether oxygens (including phenoxy) is 1. The van der Waals surface area contributed by atoms with Crippen molar-refractivity contribution < 1.29 is 4.74 Å². The minimum atomic E-state index is 0.494. The van der Waals surface area contributed by atoms with E-state index in [4.69, 9.17) is 4.74 Å². The molecule has 1 saturated heterocycles. The van der Waals surface area contributed by atoms with Gasteiger partial charge in [0.05, 0.1) is 7.11 Å². The zero-order chi connectivity index (χ0) is 11.4. The normalized spacial score (nSPS) is 19.4. The lowest BCUT2D eigenvalue weighted by Gasteiger charge is -2.33.